The molecule has 0 unspecified atom stereocenters. The zero-order valence-corrected chi connectivity index (χ0v) is 20.3. The number of carbonyl (C=O) groups is 1. The maximum absolute atomic E-state index is 13.2. The largest absolute Gasteiger partial charge is 0.481 e. The Balaban J connectivity index is 1.56. The molecule has 0 aliphatic carbocycles. The van der Waals surface area contributed by atoms with Gasteiger partial charge >= 0.3 is 5.97 Å². The van der Waals surface area contributed by atoms with Crippen molar-refractivity contribution in [1.82, 2.24) is 9.97 Å². The number of nitrogens with one attached hydrogen (secondary N) is 2. The lowest BCUT2D eigenvalue weighted by Crippen LogP contribution is -2.42. The van der Waals surface area contributed by atoms with Crippen molar-refractivity contribution in [2.75, 3.05) is 23.3 Å². The van der Waals surface area contributed by atoms with Crippen LogP contribution in [0.3, 0.4) is 0 Å². The standard InChI is InChI=1S/C27H30FN5O3/c1-17-15-22-23(16-21(17)29-13-12-19-8-10-20(28)11-9-19)33(14-6-4-3-5-7-24(34)35)26-25(32-22)27(36)31-18(2)30-26/h8-11,15-16,29H,2-7,12-14H2,1H3,(H,31,36)(H,34,35). The number of aryl methyl sites for hydroxylation is 1. The number of benzene rings is 2. The van der Waals surface area contributed by atoms with Gasteiger partial charge in [0.1, 0.15) is 11.3 Å². The van der Waals surface area contributed by atoms with Crippen LogP contribution in [0.25, 0.3) is 6.58 Å². The number of halogens is 1. The van der Waals surface area contributed by atoms with Gasteiger partial charge in [-0.15, -0.1) is 0 Å². The monoisotopic (exact) mass is 491 g/mol. The first-order valence-corrected chi connectivity index (χ1v) is 12.1. The molecule has 2 aromatic carbocycles. The number of aliphatic carboxylic acids is 1. The fraction of sp³-hybridized carbons (Fsp3) is 0.333. The molecule has 0 radical (unpaired) electrons. The molecule has 188 valence electrons. The van der Waals surface area contributed by atoms with Crippen LogP contribution in [0.2, 0.25) is 0 Å². The van der Waals surface area contributed by atoms with Crippen molar-refractivity contribution in [3.63, 3.8) is 0 Å². The Morgan fingerprint density at radius 2 is 1.92 bits per heavy atom. The van der Waals surface area contributed by atoms with Crippen LogP contribution < -0.4 is 26.6 Å². The molecule has 0 amide bonds. The van der Waals surface area contributed by atoms with Crippen molar-refractivity contribution in [2.24, 2.45) is 4.99 Å². The minimum atomic E-state index is -0.781. The van der Waals surface area contributed by atoms with Crippen LogP contribution in [0.5, 0.6) is 0 Å². The molecule has 0 saturated heterocycles. The van der Waals surface area contributed by atoms with Gasteiger partial charge in [-0.05, 0) is 61.6 Å². The molecule has 36 heavy (non-hydrogen) atoms. The number of fused-ring (bicyclic) bond motifs is 2. The molecule has 3 N–H and O–H groups in total. The summed E-state index contributed by atoms with van der Waals surface area (Å²) in [4.78, 5) is 37.1. The van der Waals surface area contributed by atoms with E-state index in [0.717, 1.165) is 48.2 Å². The summed E-state index contributed by atoms with van der Waals surface area (Å²) in [5.74, 6) is -0.555. The van der Waals surface area contributed by atoms with Gasteiger partial charge in [0, 0.05) is 25.2 Å². The second-order valence-corrected chi connectivity index (χ2v) is 8.97. The SMILES string of the molecule is C=c1nc2c(c(=O)[nH]1)=Nc1cc(C)c(NCCc3ccc(F)cc3)cc1N2CCCCCCC(=O)O. The number of H-pyrrole nitrogens is 1. The molecule has 3 aromatic rings. The number of anilines is 3. The van der Waals surface area contributed by atoms with E-state index in [1.165, 1.54) is 12.1 Å². The third-order valence-corrected chi connectivity index (χ3v) is 6.19. The first-order chi connectivity index (χ1) is 17.3. The average molecular weight is 492 g/mol. The van der Waals surface area contributed by atoms with E-state index in [1.54, 1.807) is 12.1 Å². The summed E-state index contributed by atoms with van der Waals surface area (Å²) in [5.41, 5.74) is 4.46. The molecule has 4 rings (SSSR count). The number of rotatable bonds is 11. The number of unbranched alkanes of at least 4 members (excludes halogenated alkanes) is 3. The van der Waals surface area contributed by atoms with E-state index >= 15 is 0 Å². The van der Waals surface area contributed by atoms with Crippen LogP contribution in [-0.4, -0.2) is 34.1 Å². The number of carboxylic acids is 1. The van der Waals surface area contributed by atoms with Crippen molar-refractivity contribution in [1.29, 1.82) is 0 Å². The predicted octanol–water partition coefficient (Wildman–Crippen LogP) is 3.72. The van der Waals surface area contributed by atoms with Gasteiger partial charge in [0.25, 0.3) is 5.56 Å². The second kappa shape index (κ2) is 11.2. The molecular formula is C27H30FN5O3. The highest BCUT2D eigenvalue weighted by molar-refractivity contribution is 5.80. The maximum Gasteiger partial charge on any atom is 0.303 e. The van der Waals surface area contributed by atoms with Gasteiger partial charge in [-0.25, -0.2) is 14.4 Å². The van der Waals surface area contributed by atoms with Crippen LogP contribution in [0.4, 0.5) is 27.3 Å². The maximum atomic E-state index is 13.2. The Labute approximate surface area is 208 Å². The van der Waals surface area contributed by atoms with Gasteiger partial charge in [0.2, 0.25) is 0 Å². The Morgan fingerprint density at radius 3 is 2.67 bits per heavy atom. The van der Waals surface area contributed by atoms with Crippen molar-refractivity contribution < 1.29 is 14.3 Å². The highest BCUT2D eigenvalue weighted by atomic mass is 19.1. The van der Waals surface area contributed by atoms with Crippen LogP contribution in [0.15, 0.2) is 46.2 Å². The van der Waals surface area contributed by atoms with E-state index in [-0.39, 0.29) is 28.6 Å². The fourth-order valence-electron chi connectivity index (χ4n) is 4.32. The molecule has 1 aromatic heterocycles. The molecule has 0 spiro atoms. The van der Waals surface area contributed by atoms with E-state index in [9.17, 15) is 14.0 Å². The van der Waals surface area contributed by atoms with Crippen molar-refractivity contribution >= 4 is 35.4 Å². The molecule has 0 atom stereocenters. The third kappa shape index (κ3) is 5.97. The molecular weight excluding hydrogens is 461 g/mol. The number of hydrogen-bond acceptors (Lipinski definition) is 6. The van der Waals surface area contributed by atoms with Gasteiger partial charge in [-0.3, -0.25) is 9.59 Å². The van der Waals surface area contributed by atoms with E-state index in [1.807, 2.05) is 24.0 Å². The van der Waals surface area contributed by atoms with Gasteiger partial charge in [0.15, 0.2) is 11.2 Å². The second-order valence-electron chi connectivity index (χ2n) is 8.97. The molecule has 2 heterocycles. The van der Waals surface area contributed by atoms with Gasteiger partial charge < -0.3 is 20.3 Å². The summed E-state index contributed by atoms with van der Waals surface area (Å²) < 4.78 is 13.2. The van der Waals surface area contributed by atoms with Crippen LogP contribution in [0, 0.1) is 12.7 Å². The Hall–Kier alpha value is -4.01. The van der Waals surface area contributed by atoms with Crippen LogP contribution in [-0.2, 0) is 11.2 Å². The zero-order valence-electron chi connectivity index (χ0n) is 20.3. The Morgan fingerprint density at radius 1 is 1.17 bits per heavy atom. The van der Waals surface area contributed by atoms with E-state index < -0.39 is 5.97 Å². The topological polar surface area (TPSA) is 111 Å². The van der Waals surface area contributed by atoms with Crippen LogP contribution >= 0.6 is 0 Å². The Bertz CT molecular complexity index is 1420. The molecule has 1 aliphatic heterocycles. The normalized spacial score (nSPS) is 12.0. The fourth-order valence-corrected chi connectivity index (χ4v) is 4.32. The summed E-state index contributed by atoms with van der Waals surface area (Å²) in [6, 6.07) is 10.5. The zero-order chi connectivity index (χ0) is 25.7. The molecule has 0 bridgehead atoms. The lowest BCUT2D eigenvalue weighted by molar-refractivity contribution is -0.137. The first-order valence-electron chi connectivity index (χ1n) is 12.1. The quantitative estimate of drug-likeness (QED) is 0.353. The highest BCUT2D eigenvalue weighted by Gasteiger charge is 2.23. The first kappa shape index (κ1) is 25.1. The smallest absolute Gasteiger partial charge is 0.303 e. The van der Waals surface area contributed by atoms with E-state index in [2.05, 4.69) is 26.9 Å². The highest BCUT2D eigenvalue weighted by Crippen LogP contribution is 2.38. The third-order valence-electron chi connectivity index (χ3n) is 6.19. The number of hydrogen-bond donors (Lipinski definition) is 3. The molecule has 0 saturated carbocycles. The van der Waals surface area contributed by atoms with Crippen molar-refractivity contribution in [3.05, 3.63) is 74.5 Å². The average Bonchev–Trinajstić information content (AvgIpc) is 2.83. The summed E-state index contributed by atoms with van der Waals surface area (Å²) >= 11 is 0. The van der Waals surface area contributed by atoms with Crippen molar-refractivity contribution in [3.8, 4) is 0 Å². The summed E-state index contributed by atoms with van der Waals surface area (Å²) in [6.45, 7) is 7.06. The number of aromatic nitrogens is 2. The number of nitrogens with zero attached hydrogens (tertiary/aromatic N) is 3. The minimum absolute atomic E-state index is 0.169. The summed E-state index contributed by atoms with van der Waals surface area (Å²) in [7, 11) is 0. The lowest BCUT2D eigenvalue weighted by atomic mass is 10.1. The molecule has 1 aliphatic rings. The van der Waals surface area contributed by atoms with E-state index in [0.29, 0.717) is 31.0 Å². The van der Waals surface area contributed by atoms with Gasteiger partial charge in [0.05, 0.1) is 11.4 Å². The minimum Gasteiger partial charge on any atom is -0.481 e. The summed E-state index contributed by atoms with van der Waals surface area (Å²) in [6.07, 6.45) is 4.03. The molecule has 0 fully saturated rings. The molecule has 8 nitrogen and oxygen atoms in total. The van der Waals surface area contributed by atoms with Gasteiger partial charge in [-0.2, -0.15) is 0 Å². The lowest BCUT2D eigenvalue weighted by Gasteiger charge is -2.29. The Kier molecular flexibility index (Phi) is 7.77. The number of carboxylic acid groups (broad SMARTS) is 1. The predicted molar refractivity (Wildman–Crippen MR) is 138 cm³/mol. The van der Waals surface area contributed by atoms with Crippen LogP contribution in [0.1, 0.15) is 43.2 Å². The van der Waals surface area contributed by atoms with E-state index in [4.69, 9.17) is 5.11 Å². The number of aromatic amines is 1. The van der Waals surface area contributed by atoms with Gasteiger partial charge in [-0.1, -0.05) is 31.6 Å². The van der Waals surface area contributed by atoms with Crippen molar-refractivity contribution in [2.45, 2.75) is 45.4 Å². The molecule has 9 heteroatoms. The summed E-state index contributed by atoms with van der Waals surface area (Å²) in [5, 5.41) is 12.6.